The van der Waals surface area contributed by atoms with E-state index in [0.29, 0.717) is 92.5 Å². The van der Waals surface area contributed by atoms with E-state index in [9.17, 15) is 0 Å². The van der Waals surface area contributed by atoms with Crippen LogP contribution in [0, 0.1) is 5.41 Å². The Hall–Kier alpha value is -2.28. The Morgan fingerprint density at radius 2 is 0.707 bits per heavy atom. The average Bonchev–Trinajstić information content (AvgIpc) is 3.00. The van der Waals surface area contributed by atoms with Gasteiger partial charge in [0.15, 0.2) is 11.6 Å². The summed E-state index contributed by atoms with van der Waals surface area (Å²) in [6, 6.07) is 15.5. The fourth-order valence-corrected chi connectivity index (χ4v) is 4.74. The summed E-state index contributed by atoms with van der Waals surface area (Å²) in [6.45, 7) is 10.6. The van der Waals surface area contributed by atoms with Gasteiger partial charge in [-0.25, -0.2) is 0 Å². The first kappa shape index (κ1) is 30.2. The molecule has 10 heteroatoms. The third-order valence-electron chi connectivity index (χ3n) is 7.48. The molecule has 0 N–H and O–H groups in total. The number of hydrogen-bond acceptors (Lipinski definition) is 10. The summed E-state index contributed by atoms with van der Waals surface area (Å²) < 4.78 is 59.0. The summed E-state index contributed by atoms with van der Waals surface area (Å²) in [4.78, 5) is 0. The van der Waals surface area contributed by atoms with E-state index in [0.717, 1.165) is 22.6 Å². The smallest absolute Gasteiger partial charge is 0.191 e. The zero-order valence-electron chi connectivity index (χ0n) is 24.1. The average molecular weight is 575 g/mol. The third kappa shape index (κ3) is 8.18. The van der Waals surface area contributed by atoms with Gasteiger partial charge in [0.05, 0.1) is 84.7 Å². The topological polar surface area (TPSA) is 92.3 Å². The van der Waals surface area contributed by atoms with Gasteiger partial charge >= 0.3 is 0 Å². The number of rotatable bonds is 0. The van der Waals surface area contributed by atoms with Crippen molar-refractivity contribution in [3.05, 3.63) is 59.7 Å². The molecule has 2 aromatic rings. The second kappa shape index (κ2) is 14.3. The van der Waals surface area contributed by atoms with Crippen molar-refractivity contribution < 1.29 is 47.4 Å². The van der Waals surface area contributed by atoms with E-state index < -0.39 is 11.6 Å². The first-order valence-corrected chi connectivity index (χ1v) is 14.3. The van der Waals surface area contributed by atoms with Crippen LogP contribution in [0.1, 0.15) is 25.0 Å². The third-order valence-corrected chi connectivity index (χ3v) is 7.48. The normalized spacial score (nSPS) is 31.2. The first-order chi connectivity index (χ1) is 20.0. The molecule has 0 unspecified atom stereocenters. The molecule has 7 heterocycles. The molecule has 2 saturated heterocycles. The van der Waals surface area contributed by atoms with Crippen LogP contribution in [-0.2, 0) is 49.5 Å². The molecule has 2 fully saturated rings. The molecule has 0 radical (unpaired) electrons. The maximum atomic E-state index is 6.30. The second-order valence-electron chi connectivity index (χ2n) is 10.7. The van der Waals surface area contributed by atoms with Crippen molar-refractivity contribution in [1.29, 1.82) is 0 Å². The van der Waals surface area contributed by atoms with Crippen LogP contribution in [0.5, 0.6) is 11.5 Å². The van der Waals surface area contributed by atoms with Gasteiger partial charge in [0.25, 0.3) is 0 Å². The lowest BCUT2D eigenvalue weighted by molar-refractivity contribution is -0.368. The van der Waals surface area contributed by atoms with Crippen molar-refractivity contribution in [3.63, 3.8) is 0 Å². The van der Waals surface area contributed by atoms with Crippen molar-refractivity contribution >= 4 is 0 Å². The van der Waals surface area contributed by atoms with Crippen LogP contribution < -0.4 is 9.47 Å². The molecule has 226 valence electrons. The standard InChI is InChI=1S/C31H42O10/c1-29-25-3-7-27(8-4-25)36-19-17-34-15-13-32-11-12-33-14-16-35-18-20-37-28-9-5-26(6-10-28)30(2)40-23-31(21-38-29,22-39-29)24-41-30/h3-10H,11-24H2,1-2H3. The Balaban J connectivity index is 1.18. The quantitative estimate of drug-likeness (QED) is 0.464. The summed E-state index contributed by atoms with van der Waals surface area (Å²) >= 11 is 0. The van der Waals surface area contributed by atoms with Crippen LogP contribution >= 0.6 is 0 Å². The molecule has 1 spiro atoms. The lowest BCUT2D eigenvalue weighted by Gasteiger charge is -2.49. The second-order valence-corrected chi connectivity index (χ2v) is 10.7. The Bertz CT molecular complexity index is 953. The van der Waals surface area contributed by atoms with Crippen molar-refractivity contribution in [3.8, 4) is 11.5 Å². The van der Waals surface area contributed by atoms with Crippen LogP contribution in [0.4, 0.5) is 0 Å². The summed E-state index contributed by atoms with van der Waals surface area (Å²) in [7, 11) is 0. The predicted octanol–water partition coefficient (Wildman–Crippen LogP) is 3.65. The van der Waals surface area contributed by atoms with Crippen LogP contribution in [0.2, 0.25) is 0 Å². The van der Waals surface area contributed by atoms with Crippen molar-refractivity contribution in [2.75, 3.05) is 92.5 Å². The highest BCUT2D eigenvalue weighted by Crippen LogP contribution is 2.43. The molecule has 7 aliphatic rings. The van der Waals surface area contributed by atoms with E-state index in [4.69, 9.17) is 47.4 Å². The van der Waals surface area contributed by atoms with Crippen LogP contribution in [-0.4, -0.2) is 92.5 Å². The highest BCUT2D eigenvalue weighted by molar-refractivity contribution is 5.31. The Labute approximate surface area is 242 Å². The minimum Gasteiger partial charge on any atom is -0.491 e. The number of benzene rings is 2. The summed E-state index contributed by atoms with van der Waals surface area (Å²) in [5, 5.41) is 0. The summed E-state index contributed by atoms with van der Waals surface area (Å²) in [6.07, 6.45) is 0. The van der Waals surface area contributed by atoms with Crippen LogP contribution in [0.25, 0.3) is 0 Å². The van der Waals surface area contributed by atoms with Gasteiger partial charge in [0, 0.05) is 11.1 Å². The molecule has 7 bridgehead atoms. The Morgan fingerprint density at radius 1 is 0.415 bits per heavy atom. The SMILES string of the molecule is CC12OCC3(CO1)COC(C)(OC3)c1ccc(cc1)OCCOCCOCCOCCOCCOc1ccc2cc1. The molecular formula is C31H42O10. The molecule has 7 aliphatic heterocycles. The molecule has 9 rings (SSSR count). The Morgan fingerprint density at radius 3 is 1.02 bits per heavy atom. The largest absolute Gasteiger partial charge is 0.491 e. The molecule has 0 amide bonds. The zero-order chi connectivity index (χ0) is 28.4. The number of hydrogen-bond donors (Lipinski definition) is 0. The van der Waals surface area contributed by atoms with Gasteiger partial charge in [-0.2, -0.15) is 0 Å². The number of fused-ring (bicyclic) bond motifs is 4. The maximum absolute atomic E-state index is 6.30. The van der Waals surface area contributed by atoms with Gasteiger partial charge < -0.3 is 47.4 Å². The molecule has 0 aliphatic carbocycles. The van der Waals surface area contributed by atoms with Gasteiger partial charge in [-0.15, -0.1) is 0 Å². The molecule has 0 aromatic heterocycles. The molecular weight excluding hydrogens is 532 g/mol. The summed E-state index contributed by atoms with van der Waals surface area (Å²) in [5.41, 5.74) is 1.47. The van der Waals surface area contributed by atoms with Crippen molar-refractivity contribution in [2.45, 2.75) is 25.4 Å². The summed E-state index contributed by atoms with van der Waals surface area (Å²) in [5.74, 6) is -0.208. The van der Waals surface area contributed by atoms with Crippen LogP contribution in [0.15, 0.2) is 48.5 Å². The van der Waals surface area contributed by atoms with Gasteiger partial charge in [-0.05, 0) is 62.4 Å². The monoisotopic (exact) mass is 574 g/mol. The first-order valence-electron chi connectivity index (χ1n) is 14.3. The van der Waals surface area contributed by atoms with Crippen molar-refractivity contribution in [2.24, 2.45) is 5.41 Å². The predicted molar refractivity (Wildman–Crippen MR) is 148 cm³/mol. The molecule has 2 aromatic carbocycles. The lowest BCUT2D eigenvalue weighted by Crippen LogP contribution is -2.56. The van der Waals surface area contributed by atoms with Gasteiger partial charge in [-0.3, -0.25) is 0 Å². The Kier molecular flexibility index (Phi) is 10.5. The lowest BCUT2D eigenvalue weighted by atomic mass is 9.88. The van der Waals surface area contributed by atoms with E-state index in [1.54, 1.807) is 0 Å². The van der Waals surface area contributed by atoms with Gasteiger partial charge in [-0.1, -0.05) is 0 Å². The molecule has 41 heavy (non-hydrogen) atoms. The minimum atomic E-state index is -0.862. The maximum Gasteiger partial charge on any atom is 0.191 e. The molecule has 0 saturated carbocycles. The van der Waals surface area contributed by atoms with E-state index in [1.165, 1.54) is 0 Å². The molecule has 10 nitrogen and oxygen atoms in total. The fourth-order valence-electron chi connectivity index (χ4n) is 4.74. The zero-order valence-corrected chi connectivity index (χ0v) is 24.1. The van der Waals surface area contributed by atoms with Crippen LogP contribution in [0.3, 0.4) is 0 Å². The van der Waals surface area contributed by atoms with E-state index in [2.05, 4.69) is 0 Å². The highest BCUT2D eigenvalue weighted by atomic mass is 16.7. The van der Waals surface area contributed by atoms with E-state index in [-0.39, 0.29) is 5.41 Å². The van der Waals surface area contributed by atoms with Gasteiger partial charge in [0.2, 0.25) is 0 Å². The highest BCUT2D eigenvalue weighted by Gasteiger charge is 2.49. The fraction of sp³-hybridized carbons (Fsp3) is 0.613. The van der Waals surface area contributed by atoms with Crippen molar-refractivity contribution in [1.82, 2.24) is 0 Å². The number of ether oxygens (including phenoxy) is 10. The van der Waals surface area contributed by atoms with E-state index in [1.807, 2.05) is 62.4 Å². The van der Waals surface area contributed by atoms with E-state index >= 15 is 0 Å². The van der Waals surface area contributed by atoms with Gasteiger partial charge in [0.1, 0.15) is 24.7 Å². The minimum absolute atomic E-state index is 0.374. The molecule has 0 atom stereocenters.